The van der Waals surface area contributed by atoms with E-state index in [0.717, 1.165) is 0 Å². The lowest BCUT2D eigenvalue weighted by Crippen LogP contribution is -1.97. The number of alkyl halides is 2. The zero-order valence-corrected chi connectivity index (χ0v) is 7.96. The Bertz CT molecular complexity index is 303. The summed E-state index contributed by atoms with van der Waals surface area (Å²) in [7, 11) is 0. The summed E-state index contributed by atoms with van der Waals surface area (Å²) >= 11 is 1.68. The van der Waals surface area contributed by atoms with Crippen LogP contribution in [0.15, 0.2) is 12.3 Å². The van der Waals surface area contributed by atoms with E-state index in [0.29, 0.717) is 6.29 Å². The van der Waals surface area contributed by atoms with Crippen molar-refractivity contribution in [2.45, 2.75) is 6.43 Å². The molecule has 1 aromatic rings. The molecule has 0 fully saturated rings. The Morgan fingerprint density at radius 3 is 2.75 bits per heavy atom. The highest BCUT2D eigenvalue weighted by molar-refractivity contribution is 14.1. The number of hydrogen-bond acceptors (Lipinski definition) is 2. The van der Waals surface area contributed by atoms with Crippen molar-refractivity contribution < 1.29 is 13.6 Å². The van der Waals surface area contributed by atoms with Gasteiger partial charge in [-0.2, -0.15) is 0 Å². The number of carbonyl (C=O) groups is 1. The Kier molecular flexibility index (Phi) is 3.07. The van der Waals surface area contributed by atoms with E-state index in [1.165, 1.54) is 12.3 Å². The molecule has 1 heterocycles. The van der Waals surface area contributed by atoms with Gasteiger partial charge in [0, 0.05) is 11.8 Å². The van der Waals surface area contributed by atoms with Crippen LogP contribution in [0.25, 0.3) is 0 Å². The van der Waals surface area contributed by atoms with Crippen molar-refractivity contribution in [1.29, 1.82) is 0 Å². The molecular weight excluding hydrogens is 279 g/mol. The van der Waals surface area contributed by atoms with Crippen LogP contribution < -0.4 is 0 Å². The zero-order valence-electron chi connectivity index (χ0n) is 5.80. The average molecular weight is 283 g/mol. The smallest absolute Gasteiger partial charge is 0.281 e. The lowest BCUT2D eigenvalue weighted by Gasteiger charge is -2.02. The standard InChI is InChI=1S/C7H4F2INO/c8-7(9)6-5(10)4(3-12)1-2-11-6/h1-3,7H. The number of hydrogen-bond donors (Lipinski definition) is 0. The molecule has 1 rings (SSSR count). The highest BCUT2D eigenvalue weighted by atomic mass is 127. The van der Waals surface area contributed by atoms with E-state index >= 15 is 0 Å². The van der Waals surface area contributed by atoms with Gasteiger partial charge in [0.1, 0.15) is 5.69 Å². The molecule has 0 spiro atoms. The molecule has 64 valence electrons. The highest BCUT2D eigenvalue weighted by Crippen LogP contribution is 2.23. The van der Waals surface area contributed by atoms with Gasteiger partial charge in [-0.25, -0.2) is 8.78 Å². The van der Waals surface area contributed by atoms with E-state index in [9.17, 15) is 13.6 Å². The van der Waals surface area contributed by atoms with Gasteiger partial charge >= 0.3 is 0 Å². The molecule has 0 aliphatic heterocycles. The van der Waals surface area contributed by atoms with Gasteiger partial charge in [-0.15, -0.1) is 0 Å². The van der Waals surface area contributed by atoms with Crippen molar-refractivity contribution in [3.63, 3.8) is 0 Å². The minimum Gasteiger partial charge on any atom is -0.298 e. The molecule has 0 bridgehead atoms. The number of aldehydes is 1. The fourth-order valence-corrected chi connectivity index (χ4v) is 1.40. The van der Waals surface area contributed by atoms with Gasteiger partial charge in [-0.1, -0.05) is 0 Å². The lowest BCUT2D eigenvalue weighted by molar-refractivity contribution is 0.112. The summed E-state index contributed by atoms with van der Waals surface area (Å²) in [6, 6.07) is 1.40. The molecule has 0 radical (unpaired) electrons. The van der Waals surface area contributed by atoms with Gasteiger partial charge in [0.2, 0.25) is 0 Å². The molecular formula is C7H4F2INO. The van der Waals surface area contributed by atoms with Gasteiger partial charge in [0.25, 0.3) is 6.43 Å². The van der Waals surface area contributed by atoms with Gasteiger partial charge in [0.15, 0.2) is 6.29 Å². The van der Waals surface area contributed by atoms with Gasteiger partial charge in [-0.05, 0) is 28.7 Å². The van der Waals surface area contributed by atoms with Crippen LogP contribution in [0.1, 0.15) is 22.5 Å². The summed E-state index contributed by atoms with van der Waals surface area (Å²) in [5.41, 5.74) is -0.0823. The molecule has 0 aromatic carbocycles. The molecule has 0 atom stereocenters. The average Bonchev–Trinajstić information content (AvgIpc) is 2.04. The molecule has 0 saturated carbocycles. The normalized spacial score (nSPS) is 10.3. The lowest BCUT2D eigenvalue weighted by atomic mass is 10.2. The van der Waals surface area contributed by atoms with E-state index in [1.54, 1.807) is 22.6 Å². The fraction of sp³-hybridized carbons (Fsp3) is 0.143. The minimum atomic E-state index is -2.63. The van der Waals surface area contributed by atoms with Crippen molar-refractivity contribution in [3.8, 4) is 0 Å². The SMILES string of the molecule is O=Cc1ccnc(C(F)F)c1I. The Labute approximate surface area is 81.1 Å². The predicted molar refractivity (Wildman–Crippen MR) is 47.3 cm³/mol. The number of aromatic nitrogens is 1. The van der Waals surface area contributed by atoms with Crippen molar-refractivity contribution in [2.75, 3.05) is 0 Å². The molecule has 5 heteroatoms. The maximum Gasteiger partial charge on any atom is 0.281 e. The zero-order chi connectivity index (χ0) is 9.14. The molecule has 0 N–H and O–H groups in total. The quantitative estimate of drug-likeness (QED) is 0.616. The number of pyridine rings is 1. The largest absolute Gasteiger partial charge is 0.298 e. The summed E-state index contributed by atoms with van der Waals surface area (Å²) in [5, 5.41) is 0. The van der Waals surface area contributed by atoms with E-state index < -0.39 is 6.43 Å². The van der Waals surface area contributed by atoms with E-state index in [-0.39, 0.29) is 14.8 Å². The summed E-state index contributed by atoms with van der Waals surface area (Å²) in [4.78, 5) is 13.8. The molecule has 1 aromatic heterocycles. The first kappa shape index (κ1) is 9.50. The number of rotatable bonds is 2. The first-order valence-corrected chi connectivity index (χ1v) is 4.12. The Balaban J connectivity index is 3.22. The fourth-order valence-electron chi connectivity index (χ4n) is 0.719. The van der Waals surface area contributed by atoms with Crippen LogP contribution in [0.3, 0.4) is 0 Å². The maximum atomic E-state index is 12.2. The van der Waals surface area contributed by atoms with E-state index in [4.69, 9.17) is 0 Å². The van der Waals surface area contributed by atoms with Gasteiger partial charge in [0.05, 0.1) is 3.57 Å². The second kappa shape index (κ2) is 3.88. The van der Waals surface area contributed by atoms with Crippen molar-refractivity contribution in [2.24, 2.45) is 0 Å². The second-order valence-electron chi connectivity index (χ2n) is 2.02. The van der Waals surface area contributed by atoms with Crippen molar-refractivity contribution in [1.82, 2.24) is 4.98 Å². The molecule has 0 amide bonds. The van der Waals surface area contributed by atoms with Crippen LogP contribution in [0, 0.1) is 3.57 Å². The molecule has 0 aliphatic carbocycles. The third-order valence-electron chi connectivity index (χ3n) is 1.28. The van der Waals surface area contributed by atoms with E-state index in [1.807, 2.05) is 0 Å². The molecule has 0 aliphatic rings. The predicted octanol–water partition coefficient (Wildman–Crippen LogP) is 2.44. The van der Waals surface area contributed by atoms with Gasteiger partial charge in [-0.3, -0.25) is 9.78 Å². The Morgan fingerprint density at radius 1 is 1.58 bits per heavy atom. The van der Waals surface area contributed by atoms with Gasteiger partial charge < -0.3 is 0 Å². The number of nitrogens with zero attached hydrogens (tertiary/aromatic N) is 1. The third-order valence-corrected chi connectivity index (χ3v) is 2.46. The van der Waals surface area contributed by atoms with Crippen LogP contribution in [-0.2, 0) is 0 Å². The number of halogens is 3. The van der Waals surface area contributed by atoms with Crippen LogP contribution in [-0.4, -0.2) is 11.3 Å². The van der Waals surface area contributed by atoms with Crippen LogP contribution in [0.2, 0.25) is 0 Å². The monoisotopic (exact) mass is 283 g/mol. The summed E-state index contributed by atoms with van der Waals surface area (Å²) in [5.74, 6) is 0. The van der Waals surface area contributed by atoms with E-state index in [2.05, 4.69) is 4.98 Å². The minimum absolute atomic E-state index is 0.222. The molecule has 0 saturated heterocycles. The molecule has 0 unspecified atom stereocenters. The first-order valence-electron chi connectivity index (χ1n) is 3.04. The summed E-state index contributed by atoms with van der Waals surface area (Å²) in [6.07, 6.45) is -0.889. The molecule has 12 heavy (non-hydrogen) atoms. The number of carbonyl (C=O) groups excluding carboxylic acids is 1. The van der Waals surface area contributed by atoms with Crippen LogP contribution >= 0.6 is 22.6 Å². The maximum absolute atomic E-state index is 12.2. The molecule has 2 nitrogen and oxygen atoms in total. The first-order chi connectivity index (χ1) is 5.66. The van der Waals surface area contributed by atoms with Crippen molar-refractivity contribution in [3.05, 3.63) is 27.1 Å². The Morgan fingerprint density at radius 2 is 2.25 bits per heavy atom. The summed E-state index contributed by atoms with van der Waals surface area (Å²) in [6.45, 7) is 0. The third kappa shape index (κ3) is 1.77. The summed E-state index contributed by atoms with van der Waals surface area (Å²) < 4.78 is 24.5. The van der Waals surface area contributed by atoms with Crippen LogP contribution in [0.4, 0.5) is 8.78 Å². The van der Waals surface area contributed by atoms with Crippen molar-refractivity contribution >= 4 is 28.9 Å². The van der Waals surface area contributed by atoms with Crippen LogP contribution in [0.5, 0.6) is 0 Å². The second-order valence-corrected chi connectivity index (χ2v) is 3.10. The Hall–Kier alpha value is -0.590. The highest BCUT2D eigenvalue weighted by Gasteiger charge is 2.14. The topological polar surface area (TPSA) is 30.0 Å².